The van der Waals surface area contributed by atoms with Crippen molar-refractivity contribution in [2.24, 2.45) is 0 Å². The predicted octanol–water partition coefficient (Wildman–Crippen LogP) is 1.65. The van der Waals surface area contributed by atoms with Crippen molar-refractivity contribution in [3.05, 3.63) is 65.9 Å². The van der Waals surface area contributed by atoms with Gasteiger partial charge in [0.2, 0.25) is 5.91 Å². The van der Waals surface area contributed by atoms with Gasteiger partial charge in [0.15, 0.2) is 5.82 Å². The van der Waals surface area contributed by atoms with Crippen molar-refractivity contribution in [1.82, 2.24) is 25.1 Å². The number of hydrogen-bond acceptors (Lipinski definition) is 5. The number of rotatable bonds is 5. The Kier molecular flexibility index (Phi) is 5.02. The number of anilines is 1. The van der Waals surface area contributed by atoms with E-state index in [0.717, 1.165) is 11.1 Å². The van der Waals surface area contributed by atoms with E-state index in [-0.39, 0.29) is 18.4 Å². The molecule has 0 radical (unpaired) electrons. The molecule has 132 valence electrons. The van der Waals surface area contributed by atoms with Crippen LogP contribution >= 0.6 is 0 Å². The van der Waals surface area contributed by atoms with E-state index in [9.17, 15) is 9.59 Å². The number of hydrogen-bond donors (Lipinski definition) is 2. The molecule has 0 fully saturated rings. The highest BCUT2D eigenvalue weighted by molar-refractivity contribution is 5.99. The third kappa shape index (κ3) is 4.29. The minimum absolute atomic E-state index is 0.128. The zero-order valence-electron chi connectivity index (χ0n) is 14.4. The summed E-state index contributed by atoms with van der Waals surface area (Å²) >= 11 is 0. The molecular weight excluding hydrogens is 332 g/mol. The maximum Gasteiger partial charge on any atom is 0.251 e. The second-order valence-corrected chi connectivity index (χ2v) is 5.85. The van der Waals surface area contributed by atoms with Crippen molar-refractivity contribution in [2.45, 2.75) is 13.8 Å². The van der Waals surface area contributed by atoms with Crippen LogP contribution < -0.4 is 10.6 Å². The first-order chi connectivity index (χ1) is 12.5. The molecule has 0 aliphatic heterocycles. The number of carbonyl (C=O) groups excluding carboxylic acids is 2. The van der Waals surface area contributed by atoms with Crippen LogP contribution in [0.25, 0.3) is 5.82 Å². The molecule has 0 bridgehead atoms. The van der Waals surface area contributed by atoms with E-state index in [4.69, 9.17) is 0 Å². The zero-order chi connectivity index (χ0) is 18.5. The fourth-order valence-corrected chi connectivity index (χ4v) is 2.50. The molecule has 0 aliphatic rings. The average Bonchev–Trinajstić information content (AvgIpc) is 3.14. The molecule has 26 heavy (non-hydrogen) atoms. The SMILES string of the molecule is Cc1cc(C)cc(C(=O)NCC(=O)Nc2ccc(-n3cncn3)nc2)c1. The Hall–Kier alpha value is -3.55. The van der Waals surface area contributed by atoms with Gasteiger partial charge in [0.25, 0.3) is 5.91 Å². The smallest absolute Gasteiger partial charge is 0.251 e. The lowest BCUT2D eigenvalue weighted by atomic mass is 10.1. The number of aromatic nitrogens is 4. The summed E-state index contributed by atoms with van der Waals surface area (Å²) in [7, 11) is 0. The second-order valence-electron chi connectivity index (χ2n) is 5.85. The van der Waals surface area contributed by atoms with Gasteiger partial charge < -0.3 is 10.6 Å². The Morgan fingerprint density at radius 2 is 1.88 bits per heavy atom. The van der Waals surface area contributed by atoms with Gasteiger partial charge in [0.05, 0.1) is 18.4 Å². The van der Waals surface area contributed by atoms with E-state index in [1.807, 2.05) is 19.9 Å². The molecule has 8 heteroatoms. The van der Waals surface area contributed by atoms with Crippen LogP contribution in [-0.4, -0.2) is 38.1 Å². The van der Waals surface area contributed by atoms with Crippen LogP contribution in [-0.2, 0) is 4.79 Å². The van der Waals surface area contributed by atoms with Crippen LogP contribution in [0.5, 0.6) is 0 Å². The Labute approximate surface area is 150 Å². The molecule has 8 nitrogen and oxygen atoms in total. The summed E-state index contributed by atoms with van der Waals surface area (Å²) in [4.78, 5) is 32.2. The van der Waals surface area contributed by atoms with Crippen molar-refractivity contribution in [3.8, 4) is 5.82 Å². The number of aryl methyl sites for hydroxylation is 2. The van der Waals surface area contributed by atoms with Gasteiger partial charge in [-0.1, -0.05) is 17.2 Å². The van der Waals surface area contributed by atoms with E-state index in [2.05, 4.69) is 25.7 Å². The van der Waals surface area contributed by atoms with Gasteiger partial charge >= 0.3 is 0 Å². The van der Waals surface area contributed by atoms with E-state index in [1.54, 1.807) is 24.3 Å². The van der Waals surface area contributed by atoms with Crippen LogP contribution in [0.15, 0.2) is 49.2 Å². The largest absolute Gasteiger partial charge is 0.343 e. The van der Waals surface area contributed by atoms with Crippen LogP contribution in [0.2, 0.25) is 0 Å². The Balaban J connectivity index is 1.54. The highest BCUT2D eigenvalue weighted by Gasteiger charge is 2.09. The molecule has 0 saturated carbocycles. The minimum Gasteiger partial charge on any atom is -0.343 e. The number of carbonyl (C=O) groups is 2. The summed E-state index contributed by atoms with van der Waals surface area (Å²) in [6, 6.07) is 8.96. The van der Waals surface area contributed by atoms with Crippen LogP contribution in [0.3, 0.4) is 0 Å². The fourth-order valence-electron chi connectivity index (χ4n) is 2.50. The number of nitrogens with one attached hydrogen (secondary N) is 2. The summed E-state index contributed by atoms with van der Waals surface area (Å²) < 4.78 is 1.51. The van der Waals surface area contributed by atoms with Crippen molar-refractivity contribution < 1.29 is 9.59 Å². The van der Waals surface area contributed by atoms with Crippen molar-refractivity contribution in [2.75, 3.05) is 11.9 Å². The number of benzene rings is 1. The van der Waals surface area contributed by atoms with Crippen LogP contribution in [0.4, 0.5) is 5.69 Å². The Bertz CT molecular complexity index is 899. The topological polar surface area (TPSA) is 102 Å². The average molecular weight is 350 g/mol. The molecule has 1 aromatic carbocycles. The molecule has 2 amide bonds. The molecular formula is C18H18N6O2. The molecule has 0 atom stereocenters. The van der Waals surface area contributed by atoms with Gasteiger partial charge in [-0.2, -0.15) is 5.10 Å². The summed E-state index contributed by atoms with van der Waals surface area (Å²) in [5.41, 5.74) is 3.06. The standard InChI is InChI=1S/C18H18N6O2/c1-12-5-13(2)7-14(6-12)18(26)21-9-17(25)23-15-3-4-16(20-8-15)24-11-19-10-22-24/h3-8,10-11H,9H2,1-2H3,(H,21,26)(H,23,25). The number of nitrogens with zero attached hydrogens (tertiary/aromatic N) is 4. The predicted molar refractivity (Wildman–Crippen MR) is 96.0 cm³/mol. The fraction of sp³-hybridized carbons (Fsp3) is 0.167. The number of pyridine rings is 1. The molecule has 3 aromatic rings. The molecule has 0 saturated heterocycles. The molecule has 3 rings (SSSR count). The Morgan fingerprint density at radius 1 is 1.12 bits per heavy atom. The van der Waals surface area contributed by atoms with E-state index in [0.29, 0.717) is 17.1 Å². The highest BCUT2D eigenvalue weighted by atomic mass is 16.2. The minimum atomic E-state index is -0.335. The van der Waals surface area contributed by atoms with Gasteiger partial charge in [0, 0.05) is 5.56 Å². The summed E-state index contributed by atoms with van der Waals surface area (Å²) in [5, 5.41) is 9.27. The van der Waals surface area contributed by atoms with Crippen LogP contribution in [0, 0.1) is 13.8 Å². The maximum atomic E-state index is 12.2. The van der Waals surface area contributed by atoms with E-state index < -0.39 is 0 Å². The third-order valence-electron chi connectivity index (χ3n) is 3.58. The second kappa shape index (κ2) is 7.56. The van der Waals surface area contributed by atoms with E-state index in [1.165, 1.54) is 23.5 Å². The Morgan fingerprint density at radius 3 is 2.50 bits per heavy atom. The first-order valence-electron chi connectivity index (χ1n) is 7.98. The quantitative estimate of drug-likeness (QED) is 0.728. The van der Waals surface area contributed by atoms with E-state index >= 15 is 0 Å². The first kappa shape index (κ1) is 17.3. The van der Waals surface area contributed by atoms with Gasteiger partial charge in [-0.05, 0) is 38.1 Å². The monoisotopic (exact) mass is 350 g/mol. The molecule has 2 aromatic heterocycles. The summed E-state index contributed by atoms with van der Waals surface area (Å²) in [5.74, 6) is -0.0340. The van der Waals surface area contributed by atoms with Crippen molar-refractivity contribution in [1.29, 1.82) is 0 Å². The van der Waals surface area contributed by atoms with Gasteiger partial charge in [0.1, 0.15) is 12.7 Å². The first-order valence-corrected chi connectivity index (χ1v) is 7.98. The normalized spacial score (nSPS) is 10.4. The van der Waals surface area contributed by atoms with Crippen LogP contribution in [0.1, 0.15) is 21.5 Å². The summed E-state index contributed by atoms with van der Waals surface area (Å²) in [6.07, 6.45) is 4.46. The van der Waals surface area contributed by atoms with Gasteiger partial charge in [-0.15, -0.1) is 0 Å². The molecule has 2 heterocycles. The zero-order valence-corrected chi connectivity index (χ0v) is 14.4. The highest BCUT2D eigenvalue weighted by Crippen LogP contribution is 2.10. The lowest BCUT2D eigenvalue weighted by Crippen LogP contribution is -2.33. The maximum absolute atomic E-state index is 12.2. The lowest BCUT2D eigenvalue weighted by molar-refractivity contribution is -0.115. The molecule has 0 aliphatic carbocycles. The summed E-state index contributed by atoms with van der Waals surface area (Å²) in [6.45, 7) is 3.72. The third-order valence-corrected chi connectivity index (χ3v) is 3.58. The lowest BCUT2D eigenvalue weighted by Gasteiger charge is -2.08. The van der Waals surface area contributed by atoms with Gasteiger partial charge in [-0.3, -0.25) is 9.59 Å². The molecule has 0 spiro atoms. The van der Waals surface area contributed by atoms with Crippen molar-refractivity contribution >= 4 is 17.5 Å². The molecule has 2 N–H and O–H groups in total. The van der Waals surface area contributed by atoms with Gasteiger partial charge in [-0.25, -0.2) is 14.6 Å². The molecule has 0 unspecified atom stereocenters. The number of amides is 2. The van der Waals surface area contributed by atoms with Crippen molar-refractivity contribution in [3.63, 3.8) is 0 Å².